The van der Waals surface area contributed by atoms with E-state index < -0.39 is 0 Å². The standard InChI is InChI=1S/C15H25N3O/c1-12-4-5-13(10-18-8-6-16-7-9-18)15(19)14(12)11-17(2)3/h4-5,16,19H,6-11H2,1-3H3. The van der Waals surface area contributed by atoms with Gasteiger partial charge in [-0.15, -0.1) is 0 Å². The number of aromatic hydroxyl groups is 1. The van der Waals surface area contributed by atoms with Crippen LogP contribution < -0.4 is 5.32 Å². The molecule has 1 aromatic carbocycles. The summed E-state index contributed by atoms with van der Waals surface area (Å²) < 4.78 is 0. The molecule has 1 aromatic rings. The normalized spacial score (nSPS) is 17.1. The number of nitrogens with zero attached hydrogens (tertiary/aromatic N) is 2. The average Bonchev–Trinajstić information content (AvgIpc) is 2.39. The Kier molecular flexibility index (Phi) is 4.80. The van der Waals surface area contributed by atoms with Gasteiger partial charge in [0.1, 0.15) is 5.75 Å². The van der Waals surface area contributed by atoms with Crippen molar-refractivity contribution in [3.8, 4) is 5.75 Å². The number of phenols is 1. The first-order chi connectivity index (χ1) is 9.08. The number of hydrogen-bond acceptors (Lipinski definition) is 4. The van der Waals surface area contributed by atoms with Gasteiger partial charge in [0.05, 0.1) is 0 Å². The number of nitrogens with one attached hydrogen (secondary N) is 1. The summed E-state index contributed by atoms with van der Waals surface area (Å²) in [6, 6.07) is 4.18. The maximum absolute atomic E-state index is 10.5. The lowest BCUT2D eigenvalue weighted by molar-refractivity contribution is 0.230. The highest BCUT2D eigenvalue weighted by Gasteiger charge is 2.15. The molecule has 2 rings (SSSR count). The molecule has 19 heavy (non-hydrogen) atoms. The van der Waals surface area contributed by atoms with Gasteiger partial charge in [0.2, 0.25) is 0 Å². The maximum Gasteiger partial charge on any atom is 0.124 e. The minimum atomic E-state index is 0.479. The molecule has 2 N–H and O–H groups in total. The van der Waals surface area contributed by atoms with Crippen molar-refractivity contribution < 1.29 is 5.11 Å². The number of piperazine rings is 1. The molecule has 1 saturated heterocycles. The van der Waals surface area contributed by atoms with Crippen LogP contribution in [0.3, 0.4) is 0 Å². The zero-order valence-corrected chi connectivity index (χ0v) is 12.2. The van der Waals surface area contributed by atoms with E-state index in [4.69, 9.17) is 0 Å². The molecular formula is C15H25N3O. The first-order valence-corrected chi connectivity index (χ1v) is 6.96. The fourth-order valence-corrected chi connectivity index (χ4v) is 2.54. The van der Waals surface area contributed by atoms with Crippen molar-refractivity contribution in [3.05, 3.63) is 28.8 Å². The van der Waals surface area contributed by atoms with Crippen LogP contribution in [0.1, 0.15) is 16.7 Å². The van der Waals surface area contributed by atoms with Crippen LogP contribution in [-0.4, -0.2) is 55.2 Å². The lowest BCUT2D eigenvalue weighted by Crippen LogP contribution is -2.42. The summed E-state index contributed by atoms with van der Waals surface area (Å²) in [5.41, 5.74) is 3.26. The summed E-state index contributed by atoms with van der Waals surface area (Å²) in [6.07, 6.45) is 0. The van der Waals surface area contributed by atoms with Gasteiger partial charge in [-0.3, -0.25) is 4.90 Å². The molecule has 0 aliphatic carbocycles. The largest absolute Gasteiger partial charge is 0.507 e. The third-order valence-electron chi connectivity index (χ3n) is 3.68. The molecule has 0 atom stereocenters. The smallest absolute Gasteiger partial charge is 0.124 e. The number of hydrogen-bond donors (Lipinski definition) is 2. The monoisotopic (exact) mass is 263 g/mol. The minimum Gasteiger partial charge on any atom is -0.507 e. The molecule has 0 radical (unpaired) electrons. The summed E-state index contributed by atoms with van der Waals surface area (Å²) in [4.78, 5) is 4.48. The van der Waals surface area contributed by atoms with E-state index in [1.54, 1.807) is 0 Å². The van der Waals surface area contributed by atoms with Crippen molar-refractivity contribution in [2.45, 2.75) is 20.0 Å². The fraction of sp³-hybridized carbons (Fsp3) is 0.600. The molecule has 4 heteroatoms. The van der Waals surface area contributed by atoms with Crippen molar-refractivity contribution in [2.75, 3.05) is 40.3 Å². The molecule has 0 bridgehead atoms. The predicted octanol–water partition coefficient (Wildman–Crippen LogP) is 1.17. The molecule has 0 unspecified atom stereocenters. The van der Waals surface area contributed by atoms with Crippen LogP contribution in [0.15, 0.2) is 12.1 Å². The highest BCUT2D eigenvalue weighted by molar-refractivity contribution is 5.45. The van der Waals surface area contributed by atoms with Gasteiger partial charge < -0.3 is 15.3 Å². The third kappa shape index (κ3) is 3.69. The third-order valence-corrected chi connectivity index (χ3v) is 3.68. The van der Waals surface area contributed by atoms with Gasteiger partial charge in [-0.1, -0.05) is 12.1 Å². The lowest BCUT2D eigenvalue weighted by atomic mass is 10.0. The second kappa shape index (κ2) is 6.37. The minimum absolute atomic E-state index is 0.479. The van der Waals surface area contributed by atoms with Crippen molar-refractivity contribution in [2.24, 2.45) is 0 Å². The Morgan fingerprint density at radius 2 is 1.95 bits per heavy atom. The molecule has 1 aliphatic heterocycles. The Bertz CT molecular complexity index is 426. The zero-order chi connectivity index (χ0) is 13.8. The van der Waals surface area contributed by atoms with Gasteiger partial charge in [-0.25, -0.2) is 0 Å². The molecule has 1 heterocycles. The molecule has 0 spiro atoms. The Balaban J connectivity index is 2.16. The number of aryl methyl sites for hydroxylation is 1. The molecular weight excluding hydrogens is 238 g/mol. The Hall–Kier alpha value is -1.10. The van der Waals surface area contributed by atoms with Crippen LogP contribution in [0.5, 0.6) is 5.75 Å². The van der Waals surface area contributed by atoms with Crippen LogP contribution in [0.2, 0.25) is 0 Å². The van der Waals surface area contributed by atoms with Crippen LogP contribution in [0, 0.1) is 6.92 Å². The topological polar surface area (TPSA) is 38.7 Å². The van der Waals surface area contributed by atoms with E-state index in [0.29, 0.717) is 5.75 Å². The van der Waals surface area contributed by atoms with Gasteiger partial charge in [0.15, 0.2) is 0 Å². The second-order valence-electron chi connectivity index (χ2n) is 5.63. The number of rotatable bonds is 4. The lowest BCUT2D eigenvalue weighted by Gasteiger charge is -2.28. The quantitative estimate of drug-likeness (QED) is 0.855. The van der Waals surface area contributed by atoms with Gasteiger partial charge in [0, 0.05) is 50.4 Å². The van der Waals surface area contributed by atoms with Gasteiger partial charge in [-0.2, -0.15) is 0 Å². The van der Waals surface area contributed by atoms with Crippen molar-refractivity contribution >= 4 is 0 Å². The highest BCUT2D eigenvalue weighted by atomic mass is 16.3. The molecule has 0 aromatic heterocycles. The van der Waals surface area contributed by atoms with Crippen LogP contribution in [-0.2, 0) is 13.1 Å². The molecule has 1 aliphatic rings. The second-order valence-corrected chi connectivity index (χ2v) is 5.63. The van der Waals surface area contributed by atoms with Crippen molar-refractivity contribution in [1.82, 2.24) is 15.1 Å². The van der Waals surface area contributed by atoms with Gasteiger partial charge in [0.25, 0.3) is 0 Å². The first-order valence-electron chi connectivity index (χ1n) is 6.96. The van der Waals surface area contributed by atoms with E-state index in [0.717, 1.165) is 56.0 Å². The molecule has 106 valence electrons. The Morgan fingerprint density at radius 3 is 2.58 bits per heavy atom. The van der Waals surface area contributed by atoms with Crippen LogP contribution >= 0.6 is 0 Å². The fourth-order valence-electron chi connectivity index (χ4n) is 2.54. The number of phenolic OH excluding ortho intramolecular Hbond substituents is 1. The Morgan fingerprint density at radius 1 is 1.26 bits per heavy atom. The summed E-state index contributed by atoms with van der Waals surface area (Å²) in [6.45, 7) is 7.87. The van der Waals surface area contributed by atoms with E-state index >= 15 is 0 Å². The van der Waals surface area contributed by atoms with E-state index in [-0.39, 0.29) is 0 Å². The Labute approximate surface area is 116 Å². The summed E-state index contributed by atoms with van der Waals surface area (Å²) >= 11 is 0. The van der Waals surface area contributed by atoms with Gasteiger partial charge in [-0.05, 0) is 26.6 Å². The molecule has 0 saturated carbocycles. The highest BCUT2D eigenvalue weighted by Crippen LogP contribution is 2.28. The summed E-state index contributed by atoms with van der Waals surface area (Å²) in [5, 5.41) is 13.8. The van der Waals surface area contributed by atoms with Crippen LogP contribution in [0.4, 0.5) is 0 Å². The SMILES string of the molecule is Cc1ccc(CN2CCNCC2)c(O)c1CN(C)C. The summed E-state index contributed by atoms with van der Waals surface area (Å²) in [5.74, 6) is 0.479. The van der Waals surface area contributed by atoms with E-state index in [2.05, 4.69) is 34.2 Å². The van der Waals surface area contributed by atoms with Crippen molar-refractivity contribution in [1.29, 1.82) is 0 Å². The van der Waals surface area contributed by atoms with Gasteiger partial charge >= 0.3 is 0 Å². The summed E-state index contributed by atoms with van der Waals surface area (Å²) in [7, 11) is 4.06. The maximum atomic E-state index is 10.5. The van der Waals surface area contributed by atoms with E-state index in [1.165, 1.54) is 0 Å². The van der Waals surface area contributed by atoms with E-state index in [9.17, 15) is 5.11 Å². The molecule has 1 fully saturated rings. The van der Waals surface area contributed by atoms with Crippen LogP contribution in [0.25, 0.3) is 0 Å². The first kappa shape index (κ1) is 14.3. The average molecular weight is 263 g/mol. The molecule has 0 amide bonds. The molecule has 4 nitrogen and oxygen atoms in total. The predicted molar refractivity (Wildman–Crippen MR) is 78.4 cm³/mol. The van der Waals surface area contributed by atoms with E-state index in [1.807, 2.05) is 14.1 Å². The van der Waals surface area contributed by atoms with Crippen molar-refractivity contribution in [3.63, 3.8) is 0 Å². The zero-order valence-electron chi connectivity index (χ0n) is 12.2. The number of benzene rings is 1.